The van der Waals surface area contributed by atoms with Crippen molar-refractivity contribution in [3.63, 3.8) is 0 Å². The molecule has 0 aliphatic rings. The summed E-state index contributed by atoms with van der Waals surface area (Å²) in [6, 6.07) is 25.1. The minimum absolute atomic E-state index is 0.0487. The van der Waals surface area contributed by atoms with Gasteiger partial charge in [-0.15, -0.1) is 0 Å². The molecule has 0 aliphatic carbocycles. The van der Waals surface area contributed by atoms with Gasteiger partial charge in [0.2, 0.25) is 0 Å². The Bertz CT molecular complexity index is 1140. The van der Waals surface area contributed by atoms with Crippen LogP contribution >= 0.6 is 0 Å². The van der Waals surface area contributed by atoms with E-state index < -0.39 is 17.9 Å². The Morgan fingerprint density at radius 2 is 1.62 bits per heavy atom. The van der Waals surface area contributed by atoms with Crippen molar-refractivity contribution in [2.24, 2.45) is 11.7 Å². The second-order valence-corrected chi connectivity index (χ2v) is 7.81. The molecule has 2 unspecified atom stereocenters. The number of nitrogens with one attached hydrogen (secondary N) is 2. The van der Waals surface area contributed by atoms with Gasteiger partial charge in [-0.3, -0.25) is 15.0 Å². The van der Waals surface area contributed by atoms with Crippen LogP contribution < -0.4 is 11.1 Å². The van der Waals surface area contributed by atoms with E-state index in [9.17, 15) is 9.59 Å². The number of benzene rings is 3. The van der Waals surface area contributed by atoms with Crippen molar-refractivity contribution in [2.45, 2.75) is 19.4 Å². The number of hydrogen-bond acceptors (Lipinski definition) is 4. The van der Waals surface area contributed by atoms with Gasteiger partial charge in [0.1, 0.15) is 5.84 Å². The highest BCUT2D eigenvalue weighted by atomic mass is 16.5. The van der Waals surface area contributed by atoms with Crippen molar-refractivity contribution in [3.8, 4) is 0 Å². The Morgan fingerprint density at radius 3 is 2.26 bits per heavy atom. The van der Waals surface area contributed by atoms with Crippen molar-refractivity contribution in [2.75, 3.05) is 6.61 Å². The van der Waals surface area contributed by atoms with Crippen molar-refractivity contribution < 1.29 is 14.3 Å². The zero-order valence-electron chi connectivity index (χ0n) is 19.1. The third-order valence-electron chi connectivity index (χ3n) is 5.35. The van der Waals surface area contributed by atoms with Crippen molar-refractivity contribution >= 4 is 23.8 Å². The number of amides is 1. The summed E-state index contributed by atoms with van der Waals surface area (Å²) in [6.07, 6.45) is 4.01. The molecule has 0 aromatic heterocycles. The van der Waals surface area contributed by atoms with Gasteiger partial charge in [0.15, 0.2) is 0 Å². The number of esters is 1. The van der Waals surface area contributed by atoms with Crippen molar-refractivity contribution in [1.29, 1.82) is 5.41 Å². The molecule has 0 aliphatic heterocycles. The summed E-state index contributed by atoms with van der Waals surface area (Å²) in [6.45, 7) is 1.98. The Balaban J connectivity index is 1.96. The molecule has 1 amide bonds. The molecule has 6 heteroatoms. The number of hydrogen-bond donors (Lipinski definition) is 3. The van der Waals surface area contributed by atoms with E-state index in [2.05, 4.69) is 5.32 Å². The fraction of sp³-hybridized carbons (Fsp3) is 0.179. The van der Waals surface area contributed by atoms with Crippen LogP contribution in [0.3, 0.4) is 0 Å². The fourth-order valence-corrected chi connectivity index (χ4v) is 3.61. The molecule has 3 rings (SSSR count). The number of nitrogen functional groups attached to an aromatic ring is 1. The highest BCUT2D eigenvalue weighted by molar-refractivity contribution is 5.95. The van der Waals surface area contributed by atoms with E-state index in [0.29, 0.717) is 17.5 Å². The zero-order valence-corrected chi connectivity index (χ0v) is 19.1. The molecular weight excluding hydrogens is 426 g/mol. The number of carbonyl (C=O) groups excluding carboxylic acids is 2. The van der Waals surface area contributed by atoms with Crippen molar-refractivity contribution in [1.82, 2.24) is 5.32 Å². The van der Waals surface area contributed by atoms with E-state index in [1.807, 2.05) is 54.6 Å². The molecule has 0 heterocycles. The standard InChI is InChI=1S/C28H29N3O3/c1-2-34-28(33)24(19-21-12-9-15-23(18-21)26(29)30)25(17-16-20-10-5-3-6-11-20)31-27(32)22-13-7-4-8-14-22/h3-18,24-25H,2,19H2,1H3,(H3,29,30)(H,31,32). The van der Waals surface area contributed by atoms with Gasteiger partial charge in [0.25, 0.3) is 5.91 Å². The molecule has 0 saturated carbocycles. The van der Waals surface area contributed by atoms with Gasteiger partial charge in [0.05, 0.1) is 18.6 Å². The van der Waals surface area contributed by atoms with Gasteiger partial charge in [0, 0.05) is 11.1 Å². The van der Waals surface area contributed by atoms with E-state index in [1.54, 1.807) is 49.4 Å². The summed E-state index contributed by atoms with van der Waals surface area (Å²) in [5.74, 6) is -1.43. The first kappa shape index (κ1) is 24.5. The predicted octanol–water partition coefficient (Wildman–Crippen LogP) is 4.20. The number of rotatable bonds is 10. The lowest BCUT2D eigenvalue weighted by molar-refractivity contribution is -0.148. The van der Waals surface area contributed by atoms with Crippen molar-refractivity contribution in [3.05, 3.63) is 113 Å². The maximum absolute atomic E-state index is 13.1. The van der Waals surface area contributed by atoms with Crippen LogP contribution in [0.1, 0.15) is 34.0 Å². The van der Waals surface area contributed by atoms with Gasteiger partial charge in [-0.05, 0) is 42.7 Å². The Labute approximate surface area is 200 Å². The molecule has 6 nitrogen and oxygen atoms in total. The SMILES string of the molecule is CCOC(=O)C(Cc1cccc(C(=N)N)c1)C(C=Cc1ccccc1)NC(=O)c1ccccc1. The summed E-state index contributed by atoms with van der Waals surface area (Å²) in [7, 11) is 0. The average molecular weight is 456 g/mol. The highest BCUT2D eigenvalue weighted by Gasteiger charge is 2.30. The Morgan fingerprint density at radius 1 is 0.971 bits per heavy atom. The zero-order chi connectivity index (χ0) is 24.3. The number of amidine groups is 1. The summed E-state index contributed by atoms with van der Waals surface area (Å²) in [5.41, 5.74) is 8.49. The third kappa shape index (κ3) is 6.90. The first-order valence-electron chi connectivity index (χ1n) is 11.2. The van der Waals surface area contributed by atoms with Gasteiger partial charge >= 0.3 is 5.97 Å². The minimum atomic E-state index is -0.685. The van der Waals surface area contributed by atoms with Crippen LogP contribution in [0.5, 0.6) is 0 Å². The molecule has 0 bridgehead atoms. The Kier molecular flexibility index (Phi) is 8.74. The topological polar surface area (TPSA) is 105 Å². The fourth-order valence-electron chi connectivity index (χ4n) is 3.61. The van der Waals surface area contributed by atoms with Gasteiger partial charge in [-0.1, -0.05) is 78.9 Å². The number of ether oxygens (including phenoxy) is 1. The first-order valence-corrected chi connectivity index (χ1v) is 11.2. The van der Waals surface area contributed by atoms with Gasteiger partial charge < -0.3 is 15.8 Å². The van der Waals surface area contributed by atoms with Crippen LogP contribution in [0.4, 0.5) is 0 Å². The average Bonchev–Trinajstić information content (AvgIpc) is 2.86. The number of carbonyl (C=O) groups is 2. The second kappa shape index (κ2) is 12.2. The third-order valence-corrected chi connectivity index (χ3v) is 5.35. The molecule has 174 valence electrons. The summed E-state index contributed by atoms with van der Waals surface area (Å²) in [4.78, 5) is 26.1. The molecule has 0 spiro atoms. The smallest absolute Gasteiger partial charge is 0.311 e. The monoisotopic (exact) mass is 455 g/mol. The minimum Gasteiger partial charge on any atom is -0.466 e. The Hall–Kier alpha value is -4.19. The lowest BCUT2D eigenvalue weighted by Gasteiger charge is -2.25. The second-order valence-electron chi connectivity index (χ2n) is 7.81. The maximum Gasteiger partial charge on any atom is 0.311 e. The van der Waals surface area contributed by atoms with Gasteiger partial charge in [-0.25, -0.2) is 0 Å². The normalized spacial score (nSPS) is 12.6. The number of nitrogens with two attached hydrogens (primary N) is 1. The lowest BCUT2D eigenvalue weighted by Crippen LogP contribution is -2.43. The quantitative estimate of drug-likeness (QED) is 0.242. The lowest BCUT2D eigenvalue weighted by atomic mass is 9.90. The van der Waals surface area contributed by atoms with E-state index in [4.69, 9.17) is 15.9 Å². The predicted molar refractivity (Wildman–Crippen MR) is 134 cm³/mol. The van der Waals surface area contributed by atoms with Crippen LogP contribution in [0.25, 0.3) is 6.08 Å². The van der Waals surface area contributed by atoms with E-state index in [0.717, 1.165) is 11.1 Å². The molecule has 0 fully saturated rings. The van der Waals surface area contributed by atoms with E-state index in [-0.39, 0.29) is 18.3 Å². The van der Waals surface area contributed by atoms with Crippen LogP contribution in [-0.2, 0) is 16.0 Å². The molecule has 3 aromatic rings. The molecule has 0 saturated heterocycles. The first-order chi connectivity index (χ1) is 16.5. The van der Waals surface area contributed by atoms with E-state index >= 15 is 0 Å². The molecule has 4 N–H and O–H groups in total. The summed E-state index contributed by atoms with van der Waals surface area (Å²) < 4.78 is 5.38. The molecule has 0 radical (unpaired) electrons. The molecule has 34 heavy (non-hydrogen) atoms. The maximum atomic E-state index is 13.1. The summed E-state index contributed by atoms with van der Waals surface area (Å²) in [5, 5.41) is 10.7. The van der Waals surface area contributed by atoms with Crippen LogP contribution in [0.2, 0.25) is 0 Å². The van der Waals surface area contributed by atoms with Gasteiger partial charge in [-0.2, -0.15) is 0 Å². The molecule has 3 aromatic carbocycles. The van der Waals surface area contributed by atoms with Crippen LogP contribution in [-0.4, -0.2) is 30.4 Å². The van der Waals surface area contributed by atoms with Crippen LogP contribution in [0.15, 0.2) is 91.0 Å². The molecular formula is C28H29N3O3. The summed E-state index contributed by atoms with van der Waals surface area (Å²) >= 11 is 0. The van der Waals surface area contributed by atoms with Crippen LogP contribution in [0, 0.1) is 11.3 Å². The highest BCUT2D eigenvalue weighted by Crippen LogP contribution is 2.19. The van der Waals surface area contributed by atoms with E-state index in [1.165, 1.54) is 0 Å². The largest absolute Gasteiger partial charge is 0.466 e. The molecule has 2 atom stereocenters.